The minimum absolute atomic E-state index is 0.274. The van der Waals surface area contributed by atoms with Crippen molar-refractivity contribution in [2.24, 2.45) is 5.41 Å². The number of rotatable bonds is 6. The lowest BCUT2D eigenvalue weighted by Crippen LogP contribution is -2.30. The average molecular weight is 237 g/mol. The summed E-state index contributed by atoms with van der Waals surface area (Å²) in [5.74, 6) is 3.24. The predicted octanol–water partition coefficient (Wildman–Crippen LogP) is 3.55. The molecule has 1 fully saturated rings. The van der Waals surface area contributed by atoms with Gasteiger partial charge in [-0.05, 0) is 37.7 Å². The number of halogens is 1. The third-order valence-corrected chi connectivity index (χ3v) is 4.78. The van der Waals surface area contributed by atoms with Crippen molar-refractivity contribution in [1.29, 1.82) is 0 Å². The van der Waals surface area contributed by atoms with Crippen LogP contribution in [0.5, 0.6) is 0 Å². The lowest BCUT2D eigenvalue weighted by Gasteiger charge is -2.29. The third-order valence-electron chi connectivity index (χ3n) is 3.26. The minimum Gasteiger partial charge on any atom is -0.378 e. The molecule has 0 saturated carbocycles. The Kier molecular flexibility index (Phi) is 5.65. The molecule has 0 radical (unpaired) electrons. The molecular formula is C11H21ClOS. The summed E-state index contributed by atoms with van der Waals surface area (Å²) >= 11 is 8.10. The van der Waals surface area contributed by atoms with E-state index < -0.39 is 0 Å². The molecule has 0 bridgehead atoms. The van der Waals surface area contributed by atoms with Crippen LogP contribution in [0.1, 0.15) is 33.1 Å². The van der Waals surface area contributed by atoms with Gasteiger partial charge >= 0.3 is 0 Å². The third kappa shape index (κ3) is 3.04. The van der Waals surface area contributed by atoms with Gasteiger partial charge in [-0.15, -0.1) is 11.6 Å². The van der Waals surface area contributed by atoms with E-state index in [1.54, 1.807) is 0 Å². The molecule has 1 aliphatic heterocycles. The van der Waals surface area contributed by atoms with Crippen molar-refractivity contribution >= 4 is 23.4 Å². The second-order valence-corrected chi connectivity index (χ2v) is 5.72. The molecule has 0 aromatic carbocycles. The van der Waals surface area contributed by atoms with Crippen molar-refractivity contribution < 1.29 is 4.74 Å². The molecule has 14 heavy (non-hydrogen) atoms. The van der Waals surface area contributed by atoms with E-state index in [2.05, 4.69) is 13.8 Å². The first-order valence-electron chi connectivity index (χ1n) is 5.50. The van der Waals surface area contributed by atoms with Crippen molar-refractivity contribution in [3.63, 3.8) is 0 Å². The molecule has 1 aliphatic rings. The van der Waals surface area contributed by atoms with E-state index in [1.807, 2.05) is 11.8 Å². The first-order valence-corrected chi connectivity index (χ1v) is 7.19. The molecule has 0 N–H and O–H groups in total. The van der Waals surface area contributed by atoms with Crippen LogP contribution in [0, 0.1) is 5.41 Å². The van der Waals surface area contributed by atoms with Gasteiger partial charge in [0.2, 0.25) is 0 Å². The highest BCUT2D eigenvalue weighted by molar-refractivity contribution is 7.99. The maximum atomic E-state index is 6.09. The second-order valence-electron chi connectivity index (χ2n) is 4.06. The molecule has 2 unspecified atom stereocenters. The standard InChI is InChI=1S/C11H21ClOS/c1-3-14-8-4-5-11(9-12)6-7-13-10(11)2/h10H,3-9H2,1-2H3. The largest absolute Gasteiger partial charge is 0.378 e. The first-order chi connectivity index (χ1) is 6.75. The zero-order valence-corrected chi connectivity index (χ0v) is 10.8. The van der Waals surface area contributed by atoms with Crippen LogP contribution >= 0.6 is 23.4 Å². The molecule has 1 heterocycles. The summed E-state index contributed by atoms with van der Waals surface area (Å²) in [6.45, 7) is 5.28. The zero-order valence-electron chi connectivity index (χ0n) is 9.22. The summed E-state index contributed by atoms with van der Waals surface area (Å²) < 4.78 is 5.63. The summed E-state index contributed by atoms with van der Waals surface area (Å²) in [6, 6.07) is 0. The van der Waals surface area contributed by atoms with Gasteiger partial charge in [-0.1, -0.05) is 6.92 Å². The van der Waals surface area contributed by atoms with Gasteiger partial charge in [-0.2, -0.15) is 11.8 Å². The van der Waals surface area contributed by atoms with Crippen LogP contribution in [0.2, 0.25) is 0 Å². The lowest BCUT2D eigenvalue weighted by molar-refractivity contribution is 0.0693. The molecule has 0 aromatic heterocycles. The van der Waals surface area contributed by atoms with Crippen LogP contribution in [-0.4, -0.2) is 30.1 Å². The molecule has 0 spiro atoms. The summed E-state index contributed by atoms with van der Waals surface area (Å²) in [5.41, 5.74) is 0.274. The number of hydrogen-bond acceptors (Lipinski definition) is 2. The molecule has 1 nitrogen and oxygen atoms in total. The van der Waals surface area contributed by atoms with Crippen molar-refractivity contribution in [2.75, 3.05) is 24.0 Å². The van der Waals surface area contributed by atoms with E-state index >= 15 is 0 Å². The molecule has 0 amide bonds. The predicted molar refractivity (Wildman–Crippen MR) is 65.4 cm³/mol. The number of thioether (sulfide) groups is 1. The van der Waals surface area contributed by atoms with Crippen molar-refractivity contribution in [1.82, 2.24) is 0 Å². The molecule has 1 rings (SSSR count). The van der Waals surface area contributed by atoms with Gasteiger partial charge in [-0.3, -0.25) is 0 Å². The molecule has 0 aromatic rings. The van der Waals surface area contributed by atoms with E-state index in [-0.39, 0.29) is 5.41 Å². The summed E-state index contributed by atoms with van der Waals surface area (Å²) in [6.07, 6.45) is 4.00. The fourth-order valence-corrected chi connectivity index (χ4v) is 3.18. The lowest BCUT2D eigenvalue weighted by atomic mass is 9.80. The van der Waals surface area contributed by atoms with Gasteiger partial charge < -0.3 is 4.74 Å². The Morgan fingerprint density at radius 2 is 2.36 bits per heavy atom. The highest BCUT2D eigenvalue weighted by atomic mass is 35.5. The molecule has 0 aliphatic carbocycles. The molecule has 84 valence electrons. The number of hydrogen-bond donors (Lipinski definition) is 0. The van der Waals surface area contributed by atoms with E-state index in [1.165, 1.54) is 24.3 Å². The van der Waals surface area contributed by atoms with Gasteiger partial charge in [0, 0.05) is 17.9 Å². The Balaban J connectivity index is 2.30. The SMILES string of the molecule is CCSCCCC1(CCl)CCOC1C. The quantitative estimate of drug-likeness (QED) is 0.515. The summed E-state index contributed by atoms with van der Waals surface area (Å²) in [5, 5.41) is 0. The van der Waals surface area contributed by atoms with Crippen molar-refractivity contribution in [2.45, 2.75) is 39.2 Å². The molecular weight excluding hydrogens is 216 g/mol. The average Bonchev–Trinajstić information content (AvgIpc) is 2.56. The van der Waals surface area contributed by atoms with Gasteiger partial charge in [0.1, 0.15) is 0 Å². The van der Waals surface area contributed by atoms with Gasteiger partial charge in [-0.25, -0.2) is 0 Å². The van der Waals surface area contributed by atoms with Crippen molar-refractivity contribution in [3.05, 3.63) is 0 Å². The summed E-state index contributed by atoms with van der Waals surface area (Å²) in [7, 11) is 0. The van der Waals surface area contributed by atoms with Crippen LogP contribution in [0.3, 0.4) is 0 Å². The van der Waals surface area contributed by atoms with E-state index in [0.717, 1.165) is 18.9 Å². The number of alkyl halides is 1. The smallest absolute Gasteiger partial charge is 0.0615 e. The molecule has 2 atom stereocenters. The summed E-state index contributed by atoms with van der Waals surface area (Å²) in [4.78, 5) is 0. The highest BCUT2D eigenvalue weighted by Crippen LogP contribution is 2.40. The highest BCUT2D eigenvalue weighted by Gasteiger charge is 2.39. The monoisotopic (exact) mass is 236 g/mol. The van der Waals surface area contributed by atoms with Crippen molar-refractivity contribution in [3.8, 4) is 0 Å². The number of ether oxygens (including phenoxy) is 1. The van der Waals surface area contributed by atoms with Crippen LogP contribution in [-0.2, 0) is 4.74 Å². The van der Waals surface area contributed by atoms with E-state index in [0.29, 0.717) is 6.10 Å². The van der Waals surface area contributed by atoms with Gasteiger partial charge in [0.15, 0.2) is 0 Å². The Bertz CT molecular complexity index is 165. The fourth-order valence-electron chi connectivity index (χ4n) is 2.06. The molecule has 3 heteroatoms. The van der Waals surface area contributed by atoms with Crippen LogP contribution in [0.15, 0.2) is 0 Å². The Labute approximate surface area is 96.9 Å². The van der Waals surface area contributed by atoms with Gasteiger partial charge in [0.05, 0.1) is 6.10 Å². The fraction of sp³-hybridized carbons (Fsp3) is 1.00. The van der Waals surface area contributed by atoms with Crippen LogP contribution in [0.25, 0.3) is 0 Å². The normalized spacial score (nSPS) is 32.4. The van der Waals surface area contributed by atoms with Crippen LogP contribution in [0.4, 0.5) is 0 Å². The minimum atomic E-state index is 0.274. The maximum absolute atomic E-state index is 6.09. The van der Waals surface area contributed by atoms with Crippen LogP contribution < -0.4 is 0 Å². The second kappa shape index (κ2) is 6.24. The van der Waals surface area contributed by atoms with E-state index in [9.17, 15) is 0 Å². The maximum Gasteiger partial charge on any atom is 0.0615 e. The topological polar surface area (TPSA) is 9.23 Å². The Morgan fingerprint density at radius 3 is 2.86 bits per heavy atom. The first kappa shape index (κ1) is 12.7. The Hall–Kier alpha value is 0.600. The zero-order chi connectivity index (χ0) is 10.4. The molecule has 1 saturated heterocycles. The Morgan fingerprint density at radius 1 is 1.57 bits per heavy atom. The van der Waals surface area contributed by atoms with Gasteiger partial charge in [0.25, 0.3) is 0 Å². The van der Waals surface area contributed by atoms with E-state index in [4.69, 9.17) is 16.3 Å².